The van der Waals surface area contributed by atoms with Gasteiger partial charge in [0.05, 0.1) is 39.2 Å². The summed E-state index contributed by atoms with van der Waals surface area (Å²) >= 11 is 0. The van der Waals surface area contributed by atoms with Crippen LogP contribution in [-0.2, 0) is 20.9 Å². The highest BCUT2D eigenvalue weighted by Crippen LogP contribution is 2.41. The number of hydrogen-bond donors (Lipinski definition) is 2. The van der Waals surface area contributed by atoms with E-state index in [4.69, 9.17) is 14.2 Å². The SMILES string of the molecule is COc1c(OCCCCCCOC(C)=O)ccc2c1CN1C(=N2)NC(=O)C1CO. The number of aliphatic hydroxyl groups excluding tert-OH is 1. The molecule has 2 aliphatic rings. The molecule has 0 radical (unpaired) electrons. The first-order chi connectivity index (χ1) is 14.0. The van der Waals surface area contributed by atoms with Gasteiger partial charge < -0.3 is 24.2 Å². The Balaban J connectivity index is 1.57. The molecule has 9 heteroatoms. The van der Waals surface area contributed by atoms with Crippen molar-refractivity contribution in [2.45, 2.75) is 45.2 Å². The lowest BCUT2D eigenvalue weighted by Gasteiger charge is -2.28. The molecule has 2 heterocycles. The molecule has 1 aromatic carbocycles. The topological polar surface area (TPSA) is 110 Å². The van der Waals surface area contributed by atoms with Gasteiger partial charge in [-0.3, -0.25) is 14.9 Å². The fourth-order valence-electron chi connectivity index (χ4n) is 3.44. The molecule has 0 saturated carbocycles. The van der Waals surface area contributed by atoms with Crippen LogP contribution in [0.25, 0.3) is 0 Å². The second-order valence-corrected chi connectivity index (χ2v) is 6.95. The standard InChI is InChI=1S/C20H27N3O6/c1-13(25)28-9-5-3-4-6-10-29-17-8-7-15-14(18(17)27-2)11-23-16(12-24)19(26)22-20(23)21-15/h7-8,16,24H,3-6,9-12H2,1-2H3,(H,21,22,26). The van der Waals surface area contributed by atoms with E-state index >= 15 is 0 Å². The third-order valence-electron chi connectivity index (χ3n) is 4.92. The normalized spacial score (nSPS) is 17.2. The molecular formula is C20H27N3O6. The van der Waals surface area contributed by atoms with Crippen LogP contribution in [0.2, 0.25) is 0 Å². The molecule has 0 spiro atoms. The lowest BCUT2D eigenvalue weighted by Crippen LogP contribution is -2.39. The molecule has 2 aliphatic heterocycles. The van der Waals surface area contributed by atoms with Gasteiger partial charge in [-0.15, -0.1) is 0 Å². The number of rotatable bonds is 10. The van der Waals surface area contributed by atoms with Gasteiger partial charge in [-0.05, 0) is 37.8 Å². The maximum absolute atomic E-state index is 12.0. The monoisotopic (exact) mass is 405 g/mol. The van der Waals surface area contributed by atoms with Crippen LogP contribution in [-0.4, -0.2) is 60.8 Å². The number of aliphatic imine (C=N–C) groups is 1. The van der Waals surface area contributed by atoms with E-state index in [9.17, 15) is 14.7 Å². The van der Waals surface area contributed by atoms with Gasteiger partial charge in [-0.25, -0.2) is 4.99 Å². The summed E-state index contributed by atoms with van der Waals surface area (Å²) in [6, 6.07) is 3.01. The number of esters is 1. The van der Waals surface area contributed by atoms with Crippen LogP contribution >= 0.6 is 0 Å². The van der Waals surface area contributed by atoms with Crippen LogP contribution in [0, 0.1) is 0 Å². The van der Waals surface area contributed by atoms with Gasteiger partial charge in [-0.1, -0.05) is 0 Å². The molecule has 1 fully saturated rings. The maximum Gasteiger partial charge on any atom is 0.302 e. The Kier molecular flexibility index (Phi) is 6.92. The molecule has 0 aromatic heterocycles. The summed E-state index contributed by atoms with van der Waals surface area (Å²) in [4.78, 5) is 28.9. The van der Waals surface area contributed by atoms with E-state index in [-0.39, 0.29) is 18.5 Å². The molecule has 1 atom stereocenters. The quantitative estimate of drug-likeness (QED) is 0.448. The number of methoxy groups -OCH3 is 1. The van der Waals surface area contributed by atoms with Gasteiger partial charge in [0.1, 0.15) is 6.04 Å². The van der Waals surface area contributed by atoms with Crippen molar-refractivity contribution in [3.05, 3.63) is 17.7 Å². The predicted molar refractivity (Wildman–Crippen MR) is 105 cm³/mol. The molecular weight excluding hydrogens is 378 g/mol. The fraction of sp³-hybridized carbons (Fsp3) is 0.550. The van der Waals surface area contributed by atoms with E-state index in [1.165, 1.54) is 6.92 Å². The van der Waals surface area contributed by atoms with Crippen molar-refractivity contribution >= 4 is 23.5 Å². The minimum atomic E-state index is -0.650. The van der Waals surface area contributed by atoms with Crippen molar-refractivity contribution < 1.29 is 28.9 Å². The number of guanidine groups is 1. The average Bonchev–Trinajstić information content (AvgIpc) is 3.01. The van der Waals surface area contributed by atoms with Crippen LogP contribution in [0.1, 0.15) is 38.2 Å². The van der Waals surface area contributed by atoms with Crippen molar-refractivity contribution in [3.8, 4) is 11.5 Å². The summed E-state index contributed by atoms with van der Waals surface area (Å²) in [5.41, 5.74) is 1.54. The second kappa shape index (κ2) is 9.60. The highest BCUT2D eigenvalue weighted by atomic mass is 16.5. The summed E-state index contributed by atoms with van der Waals surface area (Å²) in [7, 11) is 1.58. The Bertz CT molecular complexity index is 795. The Hall–Kier alpha value is -2.81. The lowest BCUT2D eigenvalue weighted by molar-refractivity contribution is -0.141. The predicted octanol–water partition coefficient (Wildman–Crippen LogP) is 1.49. The van der Waals surface area contributed by atoms with Gasteiger partial charge in [0.15, 0.2) is 11.5 Å². The molecule has 2 N–H and O–H groups in total. The van der Waals surface area contributed by atoms with E-state index in [1.807, 2.05) is 12.1 Å². The molecule has 1 unspecified atom stereocenters. The van der Waals surface area contributed by atoms with E-state index in [1.54, 1.807) is 12.0 Å². The van der Waals surface area contributed by atoms with Crippen molar-refractivity contribution in [2.75, 3.05) is 26.9 Å². The fourth-order valence-corrected chi connectivity index (χ4v) is 3.44. The minimum absolute atomic E-state index is 0.247. The molecule has 3 rings (SSSR count). The Morgan fingerprint density at radius 3 is 2.72 bits per heavy atom. The van der Waals surface area contributed by atoms with Crippen LogP contribution in [0.15, 0.2) is 17.1 Å². The van der Waals surface area contributed by atoms with E-state index in [0.29, 0.717) is 42.9 Å². The second-order valence-electron chi connectivity index (χ2n) is 6.95. The lowest BCUT2D eigenvalue weighted by atomic mass is 10.1. The van der Waals surface area contributed by atoms with Crippen LogP contribution in [0.5, 0.6) is 11.5 Å². The zero-order chi connectivity index (χ0) is 20.8. The Labute approximate surface area is 169 Å². The number of nitrogens with one attached hydrogen (secondary N) is 1. The number of hydrogen-bond acceptors (Lipinski definition) is 8. The number of carbonyl (C=O) groups excluding carboxylic acids is 2. The van der Waals surface area contributed by atoms with Gasteiger partial charge in [0, 0.05) is 12.5 Å². The van der Waals surface area contributed by atoms with Gasteiger partial charge in [0.25, 0.3) is 5.91 Å². The van der Waals surface area contributed by atoms with Crippen molar-refractivity contribution in [3.63, 3.8) is 0 Å². The Morgan fingerprint density at radius 1 is 1.28 bits per heavy atom. The third-order valence-corrected chi connectivity index (χ3v) is 4.92. The molecule has 29 heavy (non-hydrogen) atoms. The first kappa shape index (κ1) is 20.9. The van der Waals surface area contributed by atoms with E-state index in [2.05, 4.69) is 10.3 Å². The first-order valence-corrected chi connectivity index (χ1v) is 9.78. The van der Waals surface area contributed by atoms with Gasteiger partial charge >= 0.3 is 5.97 Å². The van der Waals surface area contributed by atoms with Crippen molar-refractivity contribution in [2.24, 2.45) is 4.99 Å². The molecule has 1 saturated heterocycles. The number of benzene rings is 1. The molecule has 1 amide bonds. The maximum atomic E-state index is 12.0. The zero-order valence-corrected chi connectivity index (χ0v) is 16.8. The molecule has 0 aliphatic carbocycles. The van der Waals surface area contributed by atoms with Gasteiger partial charge in [0.2, 0.25) is 5.96 Å². The van der Waals surface area contributed by atoms with Crippen molar-refractivity contribution in [1.29, 1.82) is 0 Å². The van der Waals surface area contributed by atoms with Crippen molar-refractivity contribution in [1.82, 2.24) is 10.2 Å². The van der Waals surface area contributed by atoms with Gasteiger partial charge in [-0.2, -0.15) is 0 Å². The summed E-state index contributed by atoms with van der Waals surface area (Å²) in [5, 5.41) is 12.2. The largest absolute Gasteiger partial charge is 0.492 e. The molecule has 0 bridgehead atoms. The summed E-state index contributed by atoms with van der Waals surface area (Å²) in [6.07, 6.45) is 3.66. The number of carbonyl (C=O) groups is 2. The number of aliphatic hydroxyl groups is 1. The van der Waals surface area contributed by atoms with E-state index < -0.39 is 6.04 Å². The Morgan fingerprint density at radius 2 is 2.03 bits per heavy atom. The number of fused-ring (bicyclic) bond motifs is 2. The summed E-state index contributed by atoms with van der Waals surface area (Å²) in [5.74, 6) is 1.16. The molecule has 158 valence electrons. The number of ether oxygens (including phenoxy) is 3. The number of nitrogens with zero attached hydrogens (tertiary/aromatic N) is 2. The highest BCUT2D eigenvalue weighted by molar-refractivity contribution is 6.08. The zero-order valence-electron chi connectivity index (χ0n) is 16.8. The van der Waals surface area contributed by atoms with E-state index in [0.717, 1.165) is 31.2 Å². The molecule has 1 aromatic rings. The summed E-state index contributed by atoms with van der Waals surface area (Å²) in [6.45, 7) is 2.53. The third kappa shape index (κ3) is 4.79. The minimum Gasteiger partial charge on any atom is -0.492 e. The molecule has 9 nitrogen and oxygen atoms in total. The average molecular weight is 405 g/mol. The summed E-state index contributed by atoms with van der Waals surface area (Å²) < 4.78 is 16.4. The van der Waals surface area contributed by atoms with Crippen LogP contribution < -0.4 is 14.8 Å². The smallest absolute Gasteiger partial charge is 0.302 e. The van der Waals surface area contributed by atoms with Crippen LogP contribution in [0.4, 0.5) is 5.69 Å². The van der Waals surface area contributed by atoms with Crippen LogP contribution in [0.3, 0.4) is 0 Å². The number of unbranched alkanes of at least 4 members (excludes halogenated alkanes) is 3. The number of amides is 1. The highest BCUT2D eigenvalue weighted by Gasteiger charge is 2.39. The first-order valence-electron chi connectivity index (χ1n) is 9.78.